The van der Waals surface area contributed by atoms with E-state index in [2.05, 4.69) is 59.6 Å². The summed E-state index contributed by atoms with van der Waals surface area (Å²) in [5.74, 6) is 1.15. The van der Waals surface area contributed by atoms with Gasteiger partial charge in [0.2, 0.25) is 11.8 Å². The normalized spacial score (nSPS) is 18.2. The molecular formula is C38H46N8O6. The van der Waals surface area contributed by atoms with Crippen LogP contribution in [0, 0.1) is 0 Å². The smallest absolute Gasteiger partial charge is 0.407 e. The average molecular weight is 711 g/mol. The third-order valence-electron chi connectivity index (χ3n) is 9.86. The number of nitrogens with zero attached hydrogens (tertiary/aromatic N) is 4. The third-order valence-corrected chi connectivity index (χ3v) is 9.86. The summed E-state index contributed by atoms with van der Waals surface area (Å²) in [4.78, 5) is 69.7. The molecule has 0 spiro atoms. The summed E-state index contributed by atoms with van der Waals surface area (Å²) in [5, 5.41) is 5.25. The van der Waals surface area contributed by atoms with Crippen molar-refractivity contribution in [2.24, 2.45) is 0 Å². The van der Waals surface area contributed by atoms with Crippen LogP contribution in [0.1, 0.15) is 76.1 Å². The molecule has 4 heterocycles. The molecule has 6 rings (SSSR count). The SMILES string of the molecule is CCCC(NC(=O)OC)C(=O)N1CCC[C@H]1c1ncc(-c2ccc(-c3ccc(-c4cnc([C@@H]5CCCN5C(=O)[C@H](C)NC(=O)OC)[nH]4)cc3)cc2)[nH]1. The van der Waals surface area contributed by atoms with Crippen LogP contribution in [0.2, 0.25) is 0 Å². The first kappa shape index (κ1) is 36.1. The maximum atomic E-state index is 13.4. The number of carbonyl (C=O) groups is 4. The molecular weight excluding hydrogens is 664 g/mol. The van der Waals surface area contributed by atoms with E-state index in [9.17, 15) is 19.2 Å². The van der Waals surface area contributed by atoms with Crippen LogP contribution in [0.3, 0.4) is 0 Å². The lowest BCUT2D eigenvalue weighted by Gasteiger charge is -2.28. The first-order valence-electron chi connectivity index (χ1n) is 17.8. The Bertz CT molecular complexity index is 1870. The van der Waals surface area contributed by atoms with E-state index in [0.717, 1.165) is 77.4 Å². The molecule has 2 aliphatic rings. The monoisotopic (exact) mass is 710 g/mol. The zero-order valence-corrected chi connectivity index (χ0v) is 30.0. The number of imidazole rings is 2. The molecule has 0 radical (unpaired) electrons. The lowest BCUT2D eigenvalue weighted by Crippen LogP contribution is -2.48. The summed E-state index contributed by atoms with van der Waals surface area (Å²) in [7, 11) is 2.56. The number of benzene rings is 2. The van der Waals surface area contributed by atoms with Crippen LogP contribution >= 0.6 is 0 Å². The number of ether oxygens (including phenoxy) is 2. The topological polar surface area (TPSA) is 175 Å². The average Bonchev–Trinajstić information content (AvgIpc) is 4.00. The molecule has 14 nitrogen and oxygen atoms in total. The minimum atomic E-state index is -0.705. The second kappa shape index (κ2) is 16.1. The zero-order chi connectivity index (χ0) is 36.8. The molecule has 4 amide bonds. The number of methoxy groups -OCH3 is 2. The number of aromatic amines is 2. The summed E-state index contributed by atoms with van der Waals surface area (Å²) < 4.78 is 9.38. The molecule has 4 atom stereocenters. The van der Waals surface area contributed by atoms with Crippen LogP contribution in [-0.4, -0.2) is 93.1 Å². The Labute approximate surface area is 302 Å². The van der Waals surface area contributed by atoms with Gasteiger partial charge in [0.05, 0.1) is 50.1 Å². The fourth-order valence-electron chi connectivity index (χ4n) is 7.11. The van der Waals surface area contributed by atoms with Gasteiger partial charge in [0, 0.05) is 13.1 Å². The Balaban J connectivity index is 1.10. The molecule has 2 aromatic carbocycles. The van der Waals surface area contributed by atoms with Gasteiger partial charge in [0.25, 0.3) is 0 Å². The number of alkyl carbamates (subject to hydrolysis) is 2. The minimum absolute atomic E-state index is 0.121. The Morgan fingerprint density at radius 1 is 0.731 bits per heavy atom. The molecule has 0 saturated carbocycles. The van der Waals surface area contributed by atoms with Crippen LogP contribution < -0.4 is 10.6 Å². The standard InChI is InChI=1S/C38H46N8O6/c1-5-8-28(44-38(50)52-4)36(48)46-20-7-10-32(46)34-40-22-30(43-34)27-17-13-25(14-18-27)24-11-15-26(16-12-24)29-21-39-33(42-29)31-9-6-19-45(31)35(47)23(2)41-37(49)51-3/h11-18,21-23,28,31-32H,5-10,19-20H2,1-4H3,(H,39,42)(H,40,43)(H,41,49)(H,44,50)/t23-,28?,31-,32-/m0/s1. The highest BCUT2D eigenvalue weighted by atomic mass is 16.5. The van der Waals surface area contributed by atoms with Crippen molar-refractivity contribution in [3.63, 3.8) is 0 Å². The van der Waals surface area contributed by atoms with Crippen molar-refractivity contribution in [1.29, 1.82) is 0 Å². The quantitative estimate of drug-likeness (QED) is 0.153. The maximum Gasteiger partial charge on any atom is 0.407 e. The molecule has 1 unspecified atom stereocenters. The summed E-state index contributed by atoms with van der Waals surface area (Å²) in [5.41, 5.74) is 5.79. The molecule has 2 aromatic heterocycles. The summed E-state index contributed by atoms with van der Waals surface area (Å²) in [6.45, 7) is 4.83. The van der Waals surface area contributed by atoms with Crippen molar-refractivity contribution in [3.05, 3.63) is 72.6 Å². The highest BCUT2D eigenvalue weighted by molar-refractivity contribution is 5.86. The van der Waals surface area contributed by atoms with E-state index < -0.39 is 24.3 Å². The Hall–Kier alpha value is -5.66. The first-order valence-corrected chi connectivity index (χ1v) is 17.8. The minimum Gasteiger partial charge on any atom is -0.453 e. The van der Waals surface area contributed by atoms with Gasteiger partial charge in [0.15, 0.2) is 0 Å². The van der Waals surface area contributed by atoms with Crippen molar-refractivity contribution in [2.75, 3.05) is 27.3 Å². The zero-order valence-electron chi connectivity index (χ0n) is 30.0. The molecule has 4 aromatic rings. The summed E-state index contributed by atoms with van der Waals surface area (Å²) >= 11 is 0. The molecule has 2 saturated heterocycles. The predicted molar refractivity (Wildman–Crippen MR) is 194 cm³/mol. The summed E-state index contributed by atoms with van der Waals surface area (Å²) in [6, 6.07) is 14.7. The van der Waals surface area contributed by atoms with E-state index >= 15 is 0 Å². The van der Waals surface area contributed by atoms with Crippen molar-refractivity contribution < 1.29 is 28.7 Å². The van der Waals surface area contributed by atoms with Crippen LogP contribution in [0.25, 0.3) is 33.6 Å². The molecule has 14 heteroatoms. The number of aromatic nitrogens is 4. The third kappa shape index (κ3) is 7.80. The fraction of sp³-hybridized carbons (Fsp3) is 0.421. The maximum absolute atomic E-state index is 13.4. The van der Waals surface area contributed by atoms with Crippen LogP contribution in [0.4, 0.5) is 9.59 Å². The van der Waals surface area contributed by atoms with E-state index in [1.807, 2.05) is 36.1 Å². The molecule has 274 valence electrons. The fourth-order valence-corrected chi connectivity index (χ4v) is 7.11. The number of hydrogen-bond acceptors (Lipinski definition) is 8. The number of carbonyl (C=O) groups excluding carboxylic acids is 4. The van der Waals surface area contributed by atoms with E-state index in [0.29, 0.717) is 19.5 Å². The second-order valence-corrected chi connectivity index (χ2v) is 13.2. The Morgan fingerprint density at radius 3 is 1.63 bits per heavy atom. The lowest BCUT2D eigenvalue weighted by molar-refractivity contribution is -0.135. The van der Waals surface area contributed by atoms with Gasteiger partial charge in [0.1, 0.15) is 23.7 Å². The highest BCUT2D eigenvalue weighted by Crippen LogP contribution is 2.34. The van der Waals surface area contributed by atoms with Crippen LogP contribution in [0.15, 0.2) is 60.9 Å². The highest BCUT2D eigenvalue weighted by Gasteiger charge is 2.37. The molecule has 52 heavy (non-hydrogen) atoms. The number of amides is 4. The summed E-state index contributed by atoms with van der Waals surface area (Å²) in [6.07, 6.45) is 6.90. The van der Waals surface area contributed by atoms with Gasteiger partial charge in [-0.3, -0.25) is 9.59 Å². The second-order valence-electron chi connectivity index (χ2n) is 13.2. The predicted octanol–water partition coefficient (Wildman–Crippen LogP) is 5.73. The van der Waals surface area contributed by atoms with Gasteiger partial charge in [-0.05, 0) is 61.3 Å². The molecule has 4 N–H and O–H groups in total. The Morgan fingerprint density at radius 2 is 1.17 bits per heavy atom. The molecule has 0 bridgehead atoms. The van der Waals surface area contributed by atoms with E-state index in [1.54, 1.807) is 24.2 Å². The molecule has 0 aliphatic carbocycles. The lowest BCUT2D eigenvalue weighted by atomic mass is 10.0. The van der Waals surface area contributed by atoms with Gasteiger partial charge in [-0.25, -0.2) is 19.6 Å². The van der Waals surface area contributed by atoms with Crippen molar-refractivity contribution in [1.82, 2.24) is 40.4 Å². The van der Waals surface area contributed by atoms with Gasteiger partial charge < -0.3 is 39.9 Å². The van der Waals surface area contributed by atoms with E-state index in [-0.39, 0.29) is 23.9 Å². The number of nitrogens with one attached hydrogen (secondary N) is 4. The number of H-pyrrole nitrogens is 2. The largest absolute Gasteiger partial charge is 0.453 e. The number of hydrogen-bond donors (Lipinski definition) is 4. The van der Waals surface area contributed by atoms with Crippen molar-refractivity contribution in [2.45, 2.75) is 76.5 Å². The van der Waals surface area contributed by atoms with Gasteiger partial charge in [-0.2, -0.15) is 0 Å². The molecule has 2 aliphatic heterocycles. The van der Waals surface area contributed by atoms with Gasteiger partial charge in [-0.15, -0.1) is 0 Å². The number of likely N-dealkylation sites (tertiary alicyclic amines) is 2. The Kier molecular flexibility index (Phi) is 11.2. The number of rotatable bonds is 11. The van der Waals surface area contributed by atoms with Gasteiger partial charge in [-0.1, -0.05) is 61.9 Å². The van der Waals surface area contributed by atoms with E-state index in [4.69, 9.17) is 4.74 Å². The molecule has 2 fully saturated rings. The van der Waals surface area contributed by atoms with E-state index in [1.165, 1.54) is 14.2 Å². The van der Waals surface area contributed by atoms with Crippen molar-refractivity contribution >= 4 is 24.0 Å². The van der Waals surface area contributed by atoms with Crippen LogP contribution in [0.5, 0.6) is 0 Å². The first-order chi connectivity index (χ1) is 25.2. The van der Waals surface area contributed by atoms with Crippen LogP contribution in [-0.2, 0) is 19.1 Å². The van der Waals surface area contributed by atoms with Gasteiger partial charge >= 0.3 is 12.2 Å². The van der Waals surface area contributed by atoms with Crippen molar-refractivity contribution in [3.8, 4) is 33.6 Å².